The van der Waals surface area contributed by atoms with Gasteiger partial charge in [0.05, 0.1) is 5.56 Å². The molecule has 2 rings (SSSR count). The third-order valence-corrected chi connectivity index (χ3v) is 3.38. The number of benzene rings is 2. The van der Waals surface area contributed by atoms with Crippen molar-refractivity contribution < 1.29 is 14.3 Å². The van der Waals surface area contributed by atoms with Crippen molar-refractivity contribution in [2.24, 2.45) is 0 Å². The molecule has 4 nitrogen and oxygen atoms in total. The fourth-order valence-corrected chi connectivity index (χ4v) is 2.07. The van der Waals surface area contributed by atoms with Gasteiger partial charge in [-0.05, 0) is 23.6 Å². The zero-order valence-corrected chi connectivity index (χ0v) is 12.5. The van der Waals surface area contributed by atoms with Crippen molar-refractivity contribution in [3.05, 3.63) is 65.7 Å². The van der Waals surface area contributed by atoms with Gasteiger partial charge in [-0.3, -0.25) is 9.59 Å². The highest BCUT2D eigenvalue weighted by Crippen LogP contribution is 2.15. The minimum absolute atomic E-state index is 0.105. The van der Waals surface area contributed by atoms with E-state index in [0.717, 1.165) is 0 Å². The summed E-state index contributed by atoms with van der Waals surface area (Å²) >= 11 is 0. The van der Waals surface area contributed by atoms with Crippen LogP contribution in [0.1, 0.15) is 28.8 Å². The van der Waals surface area contributed by atoms with Crippen LogP contribution >= 0.6 is 0 Å². The summed E-state index contributed by atoms with van der Waals surface area (Å²) < 4.78 is 5.38. The molecule has 0 spiro atoms. The number of para-hydroxylation sites is 1. The number of hydrogen-bond acceptors (Lipinski definition) is 3. The van der Waals surface area contributed by atoms with Crippen molar-refractivity contribution in [2.45, 2.75) is 12.8 Å². The molecule has 1 atom stereocenters. The zero-order chi connectivity index (χ0) is 15.8. The van der Waals surface area contributed by atoms with Gasteiger partial charge in [-0.25, -0.2) is 0 Å². The second-order valence-electron chi connectivity index (χ2n) is 5.06. The fourth-order valence-electron chi connectivity index (χ4n) is 2.07. The summed E-state index contributed by atoms with van der Waals surface area (Å²) in [5.41, 5.74) is 1.61. The lowest BCUT2D eigenvalue weighted by atomic mass is 10.0. The van der Waals surface area contributed by atoms with Crippen LogP contribution in [0.3, 0.4) is 0 Å². The zero-order valence-electron chi connectivity index (χ0n) is 12.5. The Hall–Kier alpha value is -2.62. The maximum absolute atomic E-state index is 11.8. The van der Waals surface area contributed by atoms with E-state index in [1.807, 2.05) is 30.3 Å². The van der Waals surface area contributed by atoms with Crippen molar-refractivity contribution >= 4 is 12.2 Å². The van der Waals surface area contributed by atoms with Gasteiger partial charge in [0.1, 0.15) is 5.75 Å². The topological polar surface area (TPSA) is 55.4 Å². The van der Waals surface area contributed by atoms with E-state index in [0.29, 0.717) is 24.1 Å². The van der Waals surface area contributed by atoms with Crippen molar-refractivity contribution in [3.63, 3.8) is 0 Å². The predicted octanol–water partition coefficient (Wildman–Crippen LogP) is 2.80. The van der Waals surface area contributed by atoms with E-state index in [4.69, 9.17) is 4.74 Å². The Labute approximate surface area is 130 Å². The van der Waals surface area contributed by atoms with Gasteiger partial charge < -0.3 is 10.1 Å². The number of ether oxygens (including phenoxy) is 1. The maximum Gasteiger partial charge on any atom is 0.257 e. The molecular weight excluding hydrogens is 278 g/mol. The van der Waals surface area contributed by atoms with Gasteiger partial charge in [0.15, 0.2) is 12.9 Å². The van der Waals surface area contributed by atoms with Gasteiger partial charge in [0.2, 0.25) is 0 Å². The number of carbonyl (C=O) groups excluding carboxylic acids is 2. The highest BCUT2D eigenvalue weighted by Gasteiger charge is 2.09. The summed E-state index contributed by atoms with van der Waals surface area (Å²) in [6.07, 6.45) is 0.713. The van der Waals surface area contributed by atoms with Gasteiger partial charge in [-0.1, -0.05) is 49.4 Å². The Balaban J connectivity index is 1.80. The van der Waals surface area contributed by atoms with Crippen LogP contribution in [0.2, 0.25) is 0 Å². The van der Waals surface area contributed by atoms with Gasteiger partial charge in [-0.2, -0.15) is 0 Å². The standard InChI is InChI=1S/C18H19NO3/c1-14(15-7-3-2-4-8-15)11-19-18(21)13-22-17-10-6-5-9-16(17)12-20/h2-10,12,14H,11,13H2,1H3,(H,19,21)/t14-/m1/s1. The minimum Gasteiger partial charge on any atom is -0.483 e. The summed E-state index contributed by atoms with van der Waals surface area (Å²) in [5.74, 6) is 0.444. The van der Waals surface area contributed by atoms with Gasteiger partial charge in [0, 0.05) is 6.54 Å². The van der Waals surface area contributed by atoms with Crippen LogP contribution in [0.15, 0.2) is 54.6 Å². The molecule has 0 fully saturated rings. The predicted molar refractivity (Wildman–Crippen MR) is 85.2 cm³/mol. The molecule has 1 amide bonds. The molecule has 0 saturated carbocycles. The van der Waals surface area contributed by atoms with Crippen LogP contribution in [0.25, 0.3) is 0 Å². The molecule has 0 aliphatic carbocycles. The molecule has 1 N–H and O–H groups in total. The third-order valence-electron chi connectivity index (χ3n) is 3.38. The Morgan fingerprint density at radius 1 is 1.14 bits per heavy atom. The molecule has 114 valence electrons. The van der Waals surface area contributed by atoms with Gasteiger partial charge >= 0.3 is 0 Å². The summed E-state index contributed by atoms with van der Waals surface area (Å²) in [6, 6.07) is 16.8. The summed E-state index contributed by atoms with van der Waals surface area (Å²) in [5, 5.41) is 2.84. The Morgan fingerprint density at radius 3 is 2.55 bits per heavy atom. The number of aldehydes is 1. The average molecular weight is 297 g/mol. The average Bonchev–Trinajstić information content (AvgIpc) is 2.58. The van der Waals surface area contributed by atoms with Crippen LogP contribution in [0.5, 0.6) is 5.75 Å². The van der Waals surface area contributed by atoms with Crippen LogP contribution in [-0.4, -0.2) is 25.3 Å². The van der Waals surface area contributed by atoms with E-state index in [9.17, 15) is 9.59 Å². The molecule has 0 bridgehead atoms. The quantitative estimate of drug-likeness (QED) is 0.800. The van der Waals surface area contributed by atoms with Gasteiger partial charge in [0.25, 0.3) is 5.91 Å². The molecule has 0 radical (unpaired) electrons. The lowest BCUT2D eigenvalue weighted by Gasteiger charge is -2.13. The molecule has 0 heterocycles. The first-order chi connectivity index (χ1) is 10.7. The molecule has 0 aliphatic heterocycles. The highest BCUT2D eigenvalue weighted by atomic mass is 16.5. The van der Waals surface area contributed by atoms with E-state index < -0.39 is 0 Å². The van der Waals surface area contributed by atoms with Crippen LogP contribution in [0.4, 0.5) is 0 Å². The van der Waals surface area contributed by atoms with E-state index in [1.54, 1.807) is 24.3 Å². The van der Waals surface area contributed by atoms with E-state index in [-0.39, 0.29) is 18.4 Å². The Morgan fingerprint density at radius 2 is 1.82 bits per heavy atom. The normalized spacial score (nSPS) is 11.5. The second kappa shape index (κ2) is 7.98. The number of nitrogens with one attached hydrogen (secondary N) is 1. The lowest BCUT2D eigenvalue weighted by Crippen LogP contribution is -2.32. The van der Waals surface area contributed by atoms with Crippen molar-refractivity contribution in [3.8, 4) is 5.75 Å². The summed E-state index contributed by atoms with van der Waals surface area (Å²) in [7, 11) is 0. The third kappa shape index (κ3) is 4.45. The van der Waals surface area contributed by atoms with E-state index in [1.165, 1.54) is 5.56 Å². The largest absolute Gasteiger partial charge is 0.483 e. The lowest BCUT2D eigenvalue weighted by molar-refractivity contribution is -0.123. The van der Waals surface area contributed by atoms with E-state index in [2.05, 4.69) is 12.2 Å². The van der Waals surface area contributed by atoms with Crippen LogP contribution in [0, 0.1) is 0 Å². The van der Waals surface area contributed by atoms with Crippen LogP contribution in [-0.2, 0) is 4.79 Å². The number of carbonyl (C=O) groups is 2. The number of rotatable bonds is 7. The molecule has 2 aromatic rings. The van der Waals surface area contributed by atoms with Crippen molar-refractivity contribution in [2.75, 3.05) is 13.2 Å². The maximum atomic E-state index is 11.8. The first-order valence-electron chi connectivity index (χ1n) is 7.19. The molecule has 2 aromatic carbocycles. The number of hydrogen-bond donors (Lipinski definition) is 1. The minimum atomic E-state index is -0.205. The molecule has 0 aliphatic rings. The molecule has 0 aromatic heterocycles. The molecule has 0 saturated heterocycles. The van der Waals surface area contributed by atoms with E-state index >= 15 is 0 Å². The molecule has 4 heteroatoms. The van der Waals surface area contributed by atoms with Crippen LogP contribution < -0.4 is 10.1 Å². The fraction of sp³-hybridized carbons (Fsp3) is 0.222. The second-order valence-corrected chi connectivity index (χ2v) is 5.06. The number of amides is 1. The summed E-state index contributed by atoms with van der Waals surface area (Å²) in [4.78, 5) is 22.7. The van der Waals surface area contributed by atoms with Gasteiger partial charge in [-0.15, -0.1) is 0 Å². The van der Waals surface area contributed by atoms with Crippen molar-refractivity contribution in [1.82, 2.24) is 5.32 Å². The first-order valence-corrected chi connectivity index (χ1v) is 7.19. The summed E-state index contributed by atoms with van der Waals surface area (Å²) in [6.45, 7) is 2.49. The first kappa shape index (κ1) is 15.8. The Kier molecular flexibility index (Phi) is 5.72. The molecular formula is C18H19NO3. The molecule has 0 unspecified atom stereocenters. The highest BCUT2D eigenvalue weighted by molar-refractivity contribution is 5.80. The smallest absolute Gasteiger partial charge is 0.257 e. The Bertz CT molecular complexity index is 625. The SMILES string of the molecule is C[C@H](CNC(=O)COc1ccccc1C=O)c1ccccc1. The monoisotopic (exact) mass is 297 g/mol. The van der Waals surface area contributed by atoms with Crippen molar-refractivity contribution in [1.29, 1.82) is 0 Å². The molecule has 22 heavy (non-hydrogen) atoms.